The summed E-state index contributed by atoms with van der Waals surface area (Å²) >= 11 is 0. The Morgan fingerprint density at radius 3 is 2.56 bits per heavy atom. The molecule has 2 N–H and O–H groups in total. The number of ether oxygens (including phenoxy) is 2. The molecular formula is C14H24N2O2. The number of hydrogen-bond acceptors (Lipinski definition) is 4. The molecule has 0 aliphatic carbocycles. The zero-order chi connectivity index (χ0) is 13.8. The molecule has 0 amide bonds. The Bertz CT molecular complexity index is 403. The Morgan fingerprint density at radius 1 is 1.33 bits per heavy atom. The van der Waals surface area contributed by atoms with Crippen LogP contribution in [0.3, 0.4) is 0 Å². The van der Waals surface area contributed by atoms with E-state index in [0.29, 0.717) is 6.61 Å². The van der Waals surface area contributed by atoms with Crippen LogP contribution in [0, 0.1) is 13.8 Å². The van der Waals surface area contributed by atoms with Gasteiger partial charge >= 0.3 is 0 Å². The van der Waals surface area contributed by atoms with E-state index in [-0.39, 0.29) is 5.54 Å². The van der Waals surface area contributed by atoms with Crippen molar-refractivity contribution in [2.24, 2.45) is 5.73 Å². The minimum Gasteiger partial charge on any atom is -0.496 e. The quantitative estimate of drug-likeness (QED) is 0.841. The van der Waals surface area contributed by atoms with Crippen LogP contribution in [0.5, 0.6) is 5.75 Å². The SMILES string of the molecule is COCCC(C)(N)Cc1ncc(C)c(OC)c1C. The Morgan fingerprint density at radius 2 is 2.00 bits per heavy atom. The lowest BCUT2D eigenvalue weighted by atomic mass is 9.91. The van der Waals surface area contributed by atoms with Crippen molar-refractivity contribution < 1.29 is 9.47 Å². The van der Waals surface area contributed by atoms with E-state index in [4.69, 9.17) is 15.2 Å². The molecule has 1 aromatic rings. The summed E-state index contributed by atoms with van der Waals surface area (Å²) in [5.74, 6) is 0.905. The van der Waals surface area contributed by atoms with Gasteiger partial charge in [-0.3, -0.25) is 4.98 Å². The molecule has 1 rings (SSSR count). The zero-order valence-electron chi connectivity index (χ0n) is 12.0. The first-order chi connectivity index (χ1) is 8.41. The van der Waals surface area contributed by atoms with E-state index < -0.39 is 0 Å². The monoisotopic (exact) mass is 252 g/mol. The molecule has 1 unspecified atom stereocenters. The average molecular weight is 252 g/mol. The van der Waals surface area contributed by atoms with Crippen molar-refractivity contribution in [2.45, 2.75) is 39.2 Å². The maximum atomic E-state index is 6.27. The highest BCUT2D eigenvalue weighted by Gasteiger charge is 2.22. The first kappa shape index (κ1) is 14.9. The van der Waals surface area contributed by atoms with E-state index in [1.807, 2.05) is 27.0 Å². The van der Waals surface area contributed by atoms with Gasteiger partial charge in [-0.1, -0.05) is 0 Å². The number of aromatic nitrogens is 1. The van der Waals surface area contributed by atoms with Crippen LogP contribution < -0.4 is 10.5 Å². The number of methoxy groups -OCH3 is 2. The smallest absolute Gasteiger partial charge is 0.128 e. The second-order valence-electron chi connectivity index (χ2n) is 5.12. The molecule has 0 radical (unpaired) electrons. The van der Waals surface area contributed by atoms with Gasteiger partial charge in [-0.05, 0) is 27.2 Å². The molecule has 4 heteroatoms. The average Bonchev–Trinajstić information content (AvgIpc) is 2.31. The van der Waals surface area contributed by atoms with Crippen LogP contribution in [0.25, 0.3) is 0 Å². The van der Waals surface area contributed by atoms with Gasteiger partial charge in [0.1, 0.15) is 5.75 Å². The summed E-state index contributed by atoms with van der Waals surface area (Å²) in [6.45, 7) is 6.71. The predicted molar refractivity (Wildman–Crippen MR) is 73.1 cm³/mol. The molecule has 1 atom stereocenters. The summed E-state index contributed by atoms with van der Waals surface area (Å²) in [7, 11) is 3.38. The summed E-state index contributed by atoms with van der Waals surface area (Å²) < 4.78 is 10.5. The van der Waals surface area contributed by atoms with Crippen LogP contribution in [-0.4, -0.2) is 31.3 Å². The molecule has 0 fully saturated rings. The summed E-state index contributed by atoms with van der Waals surface area (Å²) in [4.78, 5) is 4.48. The number of pyridine rings is 1. The van der Waals surface area contributed by atoms with Crippen molar-refractivity contribution in [1.82, 2.24) is 4.98 Å². The van der Waals surface area contributed by atoms with Crippen LogP contribution in [0.4, 0.5) is 0 Å². The van der Waals surface area contributed by atoms with Gasteiger partial charge in [0.05, 0.1) is 7.11 Å². The van der Waals surface area contributed by atoms with Crippen molar-refractivity contribution in [2.75, 3.05) is 20.8 Å². The Labute approximate surface area is 110 Å². The predicted octanol–water partition coefficient (Wildman–Crippen LogP) is 2.00. The van der Waals surface area contributed by atoms with Crippen molar-refractivity contribution in [3.8, 4) is 5.75 Å². The van der Waals surface area contributed by atoms with Gasteiger partial charge in [-0.2, -0.15) is 0 Å². The van der Waals surface area contributed by atoms with Gasteiger partial charge in [0, 0.05) is 48.7 Å². The van der Waals surface area contributed by atoms with Crippen LogP contribution in [0.1, 0.15) is 30.2 Å². The molecule has 0 saturated carbocycles. The van der Waals surface area contributed by atoms with Crippen LogP contribution in [0.15, 0.2) is 6.20 Å². The van der Waals surface area contributed by atoms with Crippen LogP contribution in [0.2, 0.25) is 0 Å². The number of nitrogens with zero attached hydrogens (tertiary/aromatic N) is 1. The Hall–Kier alpha value is -1.13. The van der Waals surface area contributed by atoms with Crippen molar-refractivity contribution in [3.05, 3.63) is 23.0 Å². The molecule has 0 aromatic carbocycles. The molecule has 102 valence electrons. The third kappa shape index (κ3) is 3.68. The largest absolute Gasteiger partial charge is 0.496 e. The maximum Gasteiger partial charge on any atom is 0.128 e. The second kappa shape index (κ2) is 6.16. The molecule has 1 aromatic heterocycles. The number of aryl methyl sites for hydroxylation is 1. The summed E-state index contributed by atoms with van der Waals surface area (Å²) in [5.41, 5.74) is 9.09. The van der Waals surface area contributed by atoms with Gasteiger partial charge in [-0.25, -0.2) is 0 Å². The fourth-order valence-electron chi connectivity index (χ4n) is 2.06. The third-order valence-electron chi connectivity index (χ3n) is 3.20. The van der Waals surface area contributed by atoms with E-state index in [0.717, 1.165) is 35.4 Å². The van der Waals surface area contributed by atoms with Gasteiger partial charge < -0.3 is 15.2 Å². The molecule has 18 heavy (non-hydrogen) atoms. The van der Waals surface area contributed by atoms with Gasteiger partial charge in [-0.15, -0.1) is 0 Å². The second-order valence-corrected chi connectivity index (χ2v) is 5.12. The molecule has 0 aliphatic rings. The maximum absolute atomic E-state index is 6.27. The van der Waals surface area contributed by atoms with Gasteiger partial charge in [0.15, 0.2) is 0 Å². The minimum atomic E-state index is -0.311. The lowest BCUT2D eigenvalue weighted by Gasteiger charge is -2.25. The standard InChI is InChI=1S/C14H24N2O2/c1-10-9-16-12(11(2)13(10)18-5)8-14(3,15)6-7-17-4/h9H,6-8,15H2,1-5H3. The Balaban J connectivity index is 2.91. The summed E-state index contributed by atoms with van der Waals surface area (Å²) in [6, 6.07) is 0. The molecule has 0 aliphatic heterocycles. The van der Waals surface area contributed by atoms with E-state index in [1.165, 1.54) is 0 Å². The molecule has 1 heterocycles. The topological polar surface area (TPSA) is 57.4 Å². The molecule has 0 spiro atoms. The van der Waals surface area contributed by atoms with Gasteiger partial charge in [0.2, 0.25) is 0 Å². The van der Waals surface area contributed by atoms with Crippen molar-refractivity contribution in [1.29, 1.82) is 0 Å². The first-order valence-corrected chi connectivity index (χ1v) is 6.18. The van der Waals surface area contributed by atoms with E-state index in [1.54, 1.807) is 14.2 Å². The van der Waals surface area contributed by atoms with E-state index in [2.05, 4.69) is 4.98 Å². The molecule has 0 saturated heterocycles. The molecular weight excluding hydrogens is 228 g/mol. The normalized spacial score (nSPS) is 14.3. The fourth-order valence-corrected chi connectivity index (χ4v) is 2.06. The van der Waals surface area contributed by atoms with Gasteiger partial charge in [0.25, 0.3) is 0 Å². The zero-order valence-corrected chi connectivity index (χ0v) is 12.0. The molecule has 0 bridgehead atoms. The highest BCUT2D eigenvalue weighted by molar-refractivity contribution is 5.41. The van der Waals surface area contributed by atoms with Crippen LogP contribution >= 0.6 is 0 Å². The number of hydrogen-bond donors (Lipinski definition) is 1. The number of nitrogens with two attached hydrogens (primary N) is 1. The number of rotatable bonds is 6. The third-order valence-corrected chi connectivity index (χ3v) is 3.20. The highest BCUT2D eigenvalue weighted by atomic mass is 16.5. The van der Waals surface area contributed by atoms with Crippen molar-refractivity contribution in [3.63, 3.8) is 0 Å². The lowest BCUT2D eigenvalue weighted by molar-refractivity contribution is 0.171. The minimum absolute atomic E-state index is 0.311. The van der Waals surface area contributed by atoms with E-state index in [9.17, 15) is 0 Å². The lowest BCUT2D eigenvalue weighted by Crippen LogP contribution is -2.40. The fraction of sp³-hybridized carbons (Fsp3) is 0.643. The van der Waals surface area contributed by atoms with E-state index >= 15 is 0 Å². The Kier molecular flexibility index (Phi) is 5.11. The summed E-state index contributed by atoms with van der Waals surface area (Å²) in [6.07, 6.45) is 3.37. The molecule has 4 nitrogen and oxygen atoms in total. The summed E-state index contributed by atoms with van der Waals surface area (Å²) in [5, 5.41) is 0. The van der Waals surface area contributed by atoms with Crippen LogP contribution in [-0.2, 0) is 11.2 Å². The highest BCUT2D eigenvalue weighted by Crippen LogP contribution is 2.26. The first-order valence-electron chi connectivity index (χ1n) is 6.18. The van der Waals surface area contributed by atoms with Crippen molar-refractivity contribution >= 4 is 0 Å².